The first-order valence-corrected chi connectivity index (χ1v) is 7.49. The third-order valence-corrected chi connectivity index (χ3v) is 5.32. The highest BCUT2D eigenvalue weighted by Gasteiger charge is 2.55. The van der Waals surface area contributed by atoms with E-state index in [0.29, 0.717) is 24.8 Å². The highest BCUT2D eigenvalue weighted by atomic mass is 16.2. The molecule has 1 aliphatic heterocycles. The maximum absolute atomic E-state index is 13.0. The quantitative estimate of drug-likeness (QED) is 0.843. The van der Waals surface area contributed by atoms with E-state index in [1.807, 2.05) is 11.8 Å². The number of amides is 2. The summed E-state index contributed by atoms with van der Waals surface area (Å²) in [6, 6.07) is 0. The molecule has 0 aromatic carbocycles. The Bertz CT molecular complexity index is 424. The summed E-state index contributed by atoms with van der Waals surface area (Å²) in [5, 5.41) is 3.00. The van der Waals surface area contributed by atoms with E-state index in [0.717, 1.165) is 12.8 Å². The van der Waals surface area contributed by atoms with Gasteiger partial charge in [0.05, 0.1) is 0 Å². The fourth-order valence-electron chi connectivity index (χ4n) is 3.50. The van der Waals surface area contributed by atoms with Gasteiger partial charge in [-0.25, -0.2) is 0 Å². The number of hydrogen-bond donors (Lipinski definition) is 1. The Balaban J connectivity index is 1.91. The minimum Gasteiger partial charge on any atom is -0.342 e. The fraction of sp³-hybridized carbons (Fsp3) is 0.867. The van der Waals surface area contributed by atoms with Crippen LogP contribution in [0.25, 0.3) is 0 Å². The summed E-state index contributed by atoms with van der Waals surface area (Å²) in [7, 11) is 0. The van der Waals surface area contributed by atoms with E-state index in [1.165, 1.54) is 12.8 Å². The molecule has 106 valence electrons. The predicted octanol–water partition coefficient (Wildman–Crippen LogP) is 1.69. The van der Waals surface area contributed by atoms with E-state index in [4.69, 9.17) is 0 Å². The van der Waals surface area contributed by atoms with Crippen LogP contribution in [-0.4, -0.2) is 34.3 Å². The Morgan fingerprint density at radius 2 is 1.84 bits per heavy atom. The first-order valence-electron chi connectivity index (χ1n) is 7.49. The SMILES string of the molecule is CC1(C2CC2)NC(=O)CCN(C(C)(C)C2CC2)C1=O. The molecule has 2 amide bonds. The van der Waals surface area contributed by atoms with Gasteiger partial charge in [0.15, 0.2) is 0 Å². The van der Waals surface area contributed by atoms with E-state index in [1.54, 1.807) is 0 Å². The molecule has 3 aliphatic rings. The van der Waals surface area contributed by atoms with Crippen LogP contribution in [0.1, 0.15) is 52.9 Å². The highest BCUT2D eigenvalue weighted by molar-refractivity contribution is 5.94. The van der Waals surface area contributed by atoms with Crippen LogP contribution in [0.15, 0.2) is 0 Å². The molecule has 1 heterocycles. The Kier molecular flexibility index (Phi) is 2.70. The monoisotopic (exact) mass is 264 g/mol. The average molecular weight is 264 g/mol. The topological polar surface area (TPSA) is 49.4 Å². The normalized spacial score (nSPS) is 33.1. The second-order valence-electron chi connectivity index (χ2n) is 7.16. The van der Waals surface area contributed by atoms with Crippen LogP contribution in [-0.2, 0) is 9.59 Å². The lowest BCUT2D eigenvalue weighted by molar-refractivity contribution is -0.144. The van der Waals surface area contributed by atoms with Crippen LogP contribution in [0.5, 0.6) is 0 Å². The van der Waals surface area contributed by atoms with Crippen molar-refractivity contribution in [1.29, 1.82) is 0 Å². The Hall–Kier alpha value is -1.06. The summed E-state index contributed by atoms with van der Waals surface area (Å²) in [6.45, 7) is 6.81. The summed E-state index contributed by atoms with van der Waals surface area (Å²) < 4.78 is 0. The lowest BCUT2D eigenvalue weighted by Gasteiger charge is -2.42. The van der Waals surface area contributed by atoms with E-state index < -0.39 is 5.54 Å². The fourth-order valence-corrected chi connectivity index (χ4v) is 3.50. The van der Waals surface area contributed by atoms with Gasteiger partial charge in [-0.05, 0) is 58.3 Å². The number of hydrogen-bond acceptors (Lipinski definition) is 2. The summed E-state index contributed by atoms with van der Waals surface area (Å²) in [4.78, 5) is 26.9. The van der Waals surface area contributed by atoms with Gasteiger partial charge in [-0.3, -0.25) is 9.59 Å². The molecule has 2 saturated carbocycles. The molecule has 0 spiro atoms. The van der Waals surface area contributed by atoms with Crippen LogP contribution < -0.4 is 5.32 Å². The van der Waals surface area contributed by atoms with Crippen molar-refractivity contribution in [2.75, 3.05) is 6.54 Å². The van der Waals surface area contributed by atoms with Crippen LogP contribution in [0.2, 0.25) is 0 Å². The second-order valence-corrected chi connectivity index (χ2v) is 7.16. The van der Waals surface area contributed by atoms with Crippen molar-refractivity contribution in [1.82, 2.24) is 10.2 Å². The zero-order valence-corrected chi connectivity index (χ0v) is 12.2. The van der Waals surface area contributed by atoms with E-state index >= 15 is 0 Å². The molecule has 1 unspecified atom stereocenters. The van der Waals surface area contributed by atoms with Gasteiger partial charge in [-0.1, -0.05) is 0 Å². The van der Waals surface area contributed by atoms with Gasteiger partial charge in [0.2, 0.25) is 11.8 Å². The van der Waals surface area contributed by atoms with Gasteiger partial charge < -0.3 is 10.2 Å². The van der Waals surface area contributed by atoms with Gasteiger partial charge >= 0.3 is 0 Å². The molecule has 0 bridgehead atoms. The van der Waals surface area contributed by atoms with Crippen molar-refractivity contribution < 1.29 is 9.59 Å². The van der Waals surface area contributed by atoms with Gasteiger partial charge in [-0.2, -0.15) is 0 Å². The molecule has 0 aromatic heterocycles. The summed E-state index contributed by atoms with van der Waals surface area (Å²) in [6.07, 6.45) is 4.96. The minimum atomic E-state index is -0.667. The number of carbonyl (C=O) groups is 2. The van der Waals surface area contributed by atoms with Gasteiger partial charge in [0.1, 0.15) is 5.54 Å². The van der Waals surface area contributed by atoms with E-state index in [2.05, 4.69) is 19.2 Å². The average Bonchev–Trinajstić information content (AvgIpc) is 3.19. The van der Waals surface area contributed by atoms with E-state index in [9.17, 15) is 9.59 Å². The van der Waals surface area contributed by atoms with Crippen LogP contribution in [0.4, 0.5) is 0 Å². The summed E-state index contributed by atoms with van der Waals surface area (Å²) >= 11 is 0. The predicted molar refractivity (Wildman–Crippen MR) is 72.4 cm³/mol. The third-order valence-electron chi connectivity index (χ3n) is 5.32. The van der Waals surface area contributed by atoms with Crippen molar-refractivity contribution in [3.05, 3.63) is 0 Å². The molecule has 4 nitrogen and oxygen atoms in total. The lowest BCUT2D eigenvalue weighted by Crippen LogP contribution is -2.61. The van der Waals surface area contributed by atoms with Gasteiger partial charge in [-0.15, -0.1) is 0 Å². The Labute approximate surface area is 114 Å². The third kappa shape index (κ3) is 2.05. The maximum Gasteiger partial charge on any atom is 0.248 e. The molecule has 1 atom stereocenters. The number of nitrogens with one attached hydrogen (secondary N) is 1. The smallest absolute Gasteiger partial charge is 0.248 e. The molecular weight excluding hydrogens is 240 g/mol. The van der Waals surface area contributed by atoms with Crippen molar-refractivity contribution in [3.8, 4) is 0 Å². The minimum absolute atomic E-state index is 0.0249. The number of carbonyl (C=O) groups excluding carboxylic acids is 2. The maximum atomic E-state index is 13.0. The molecule has 3 fully saturated rings. The van der Waals surface area contributed by atoms with Gasteiger partial charge in [0.25, 0.3) is 0 Å². The lowest BCUT2D eigenvalue weighted by atomic mass is 9.89. The van der Waals surface area contributed by atoms with Crippen LogP contribution >= 0.6 is 0 Å². The molecule has 0 aromatic rings. The summed E-state index contributed by atoms with van der Waals surface area (Å²) in [5.41, 5.74) is -0.778. The Morgan fingerprint density at radius 1 is 1.21 bits per heavy atom. The molecule has 1 N–H and O–H groups in total. The molecule has 3 rings (SSSR count). The molecular formula is C15H24N2O2. The van der Waals surface area contributed by atoms with E-state index in [-0.39, 0.29) is 17.4 Å². The van der Waals surface area contributed by atoms with Gasteiger partial charge in [0, 0.05) is 18.5 Å². The number of nitrogens with zero attached hydrogens (tertiary/aromatic N) is 1. The van der Waals surface area contributed by atoms with Crippen molar-refractivity contribution in [3.63, 3.8) is 0 Å². The van der Waals surface area contributed by atoms with Crippen molar-refractivity contribution in [2.24, 2.45) is 11.8 Å². The molecule has 19 heavy (non-hydrogen) atoms. The summed E-state index contributed by atoms with van der Waals surface area (Å²) in [5.74, 6) is 1.10. The largest absolute Gasteiger partial charge is 0.342 e. The van der Waals surface area contributed by atoms with Crippen molar-refractivity contribution in [2.45, 2.75) is 64.0 Å². The zero-order chi connectivity index (χ0) is 13.8. The van der Waals surface area contributed by atoms with Crippen molar-refractivity contribution >= 4 is 11.8 Å². The molecule has 0 radical (unpaired) electrons. The molecule has 4 heteroatoms. The number of rotatable bonds is 3. The highest BCUT2D eigenvalue weighted by Crippen LogP contribution is 2.46. The van der Waals surface area contributed by atoms with Crippen LogP contribution in [0.3, 0.4) is 0 Å². The first-order chi connectivity index (χ1) is 8.85. The van der Waals surface area contributed by atoms with Crippen LogP contribution in [0, 0.1) is 11.8 Å². The zero-order valence-electron chi connectivity index (χ0n) is 12.2. The standard InChI is InChI=1S/C15H24N2O2/c1-14(2,10-4-5-10)17-9-8-12(18)16-15(3,13(17)19)11-6-7-11/h10-11H,4-9H2,1-3H3,(H,16,18). The Morgan fingerprint density at radius 3 is 2.37 bits per heavy atom. The molecule has 2 aliphatic carbocycles. The molecule has 1 saturated heterocycles. The first kappa shape index (κ1) is 12.9. The second kappa shape index (κ2) is 3.97.